The monoisotopic (exact) mass is 520 g/mol. The van der Waals surface area contributed by atoms with Crippen LogP contribution in [-0.4, -0.2) is 10.2 Å². The molecule has 0 aromatic heterocycles. The molecule has 0 amide bonds. The maximum Gasteiger partial charge on any atom is 0.119 e. The number of hydrogen-bond acceptors (Lipinski definition) is 2. The Morgan fingerprint density at radius 3 is 1.23 bits per heavy atom. The first-order chi connectivity index (χ1) is 18.3. The summed E-state index contributed by atoms with van der Waals surface area (Å²) in [4.78, 5) is 0. The molecular weight excluding hydrogens is 476 g/mol. The van der Waals surface area contributed by atoms with Crippen molar-refractivity contribution in [1.82, 2.24) is 0 Å². The highest BCUT2D eigenvalue weighted by Gasteiger charge is 2.22. The second-order valence-electron chi connectivity index (χ2n) is 12.8. The summed E-state index contributed by atoms with van der Waals surface area (Å²) in [7, 11) is 0. The second-order valence-corrected chi connectivity index (χ2v) is 12.8. The van der Waals surface area contributed by atoms with Gasteiger partial charge in [-0.25, -0.2) is 0 Å². The largest absolute Gasteiger partial charge is 0.508 e. The number of rotatable bonds is 6. The van der Waals surface area contributed by atoms with Gasteiger partial charge in [0.25, 0.3) is 0 Å². The van der Waals surface area contributed by atoms with Crippen molar-refractivity contribution >= 4 is 0 Å². The van der Waals surface area contributed by atoms with Gasteiger partial charge in [-0.1, -0.05) is 104 Å². The molecule has 0 aliphatic rings. The fourth-order valence-corrected chi connectivity index (χ4v) is 5.36. The molecule has 0 radical (unpaired) electrons. The first-order valence-corrected chi connectivity index (χ1v) is 14.2. The van der Waals surface area contributed by atoms with Gasteiger partial charge in [0.15, 0.2) is 0 Å². The fourth-order valence-electron chi connectivity index (χ4n) is 5.36. The van der Waals surface area contributed by atoms with E-state index in [-0.39, 0.29) is 22.3 Å². The van der Waals surface area contributed by atoms with Gasteiger partial charge in [-0.3, -0.25) is 0 Å². The van der Waals surface area contributed by atoms with E-state index in [4.69, 9.17) is 0 Å². The predicted molar refractivity (Wildman–Crippen MR) is 166 cm³/mol. The van der Waals surface area contributed by atoms with Gasteiger partial charge >= 0.3 is 0 Å². The minimum Gasteiger partial charge on any atom is -0.508 e. The molecule has 39 heavy (non-hydrogen) atoms. The lowest BCUT2D eigenvalue weighted by Crippen LogP contribution is -2.13. The molecule has 0 aliphatic carbocycles. The highest BCUT2D eigenvalue weighted by molar-refractivity contribution is 5.73. The quantitative estimate of drug-likeness (QED) is 0.266. The van der Waals surface area contributed by atoms with Crippen LogP contribution in [0.5, 0.6) is 11.5 Å². The SMILES string of the molecule is CCc1ccc(-c2ccc(O)c(Cc3cc(-c4ccc(CC)cc4C(C)(C)C)ccc3O)c2)c(C(C)(C)C)c1. The van der Waals surface area contributed by atoms with Gasteiger partial charge in [0.2, 0.25) is 0 Å². The van der Waals surface area contributed by atoms with Crippen LogP contribution in [0.25, 0.3) is 22.3 Å². The number of benzene rings is 4. The number of phenols is 2. The average molecular weight is 521 g/mol. The lowest BCUT2D eigenvalue weighted by Gasteiger charge is -2.25. The van der Waals surface area contributed by atoms with Crippen molar-refractivity contribution < 1.29 is 10.2 Å². The fraction of sp³-hybridized carbons (Fsp3) is 0.351. The zero-order valence-corrected chi connectivity index (χ0v) is 24.9. The van der Waals surface area contributed by atoms with E-state index in [9.17, 15) is 10.2 Å². The Bertz CT molecular complexity index is 1370. The summed E-state index contributed by atoms with van der Waals surface area (Å²) in [5.41, 5.74) is 11.4. The third-order valence-electron chi connectivity index (χ3n) is 7.76. The molecule has 0 bridgehead atoms. The van der Waals surface area contributed by atoms with Crippen molar-refractivity contribution in [2.75, 3.05) is 0 Å². The Labute approximate surface area is 235 Å². The van der Waals surface area contributed by atoms with Crippen LogP contribution in [0.1, 0.15) is 88.8 Å². The molecule has 4 rings (SSSR count). The normalized spacial score (nSPS) is 12.1. The van der Waals surface area contributed by atoms with Gasteiger partial charge < -0.3 is 10.2 Å². The van der Waals surface area contributed by atoms with Crippen LogP contribution in [0.15, 0.2) is 72.8 Å². The van der Waals surface area contributed by atoms with Crippen molar-refractivity contribution in [2.45, 2.75) is 85.5 Å². The highest BCUT2D eigenvalue weighted by Crippen LogP contribution is 2.39. The molecule has 4 aromatic rings. The molecule has 0 spiro atoms. The Morgan fingerprint density at radius 2 is 0.897 bits per heavy atom. The van der Waals surface area contributed by atoms with Crippen molar-refractivity contribution in [3.8, 4) is 33.8 Å². The molecule has 2 N–H and O–H groups in total. The number of phenolic OH excluding ortho intramolecular Hbond substituents is 2. The summed E-state index contributed by atoms with van der Waals surface area (Å²) in [6, 6.07) is 25.2. The number of aryl methyl sites for hydroxylation is 2. The highest BCUT2D eigenvalue weighted by atomic mass is 16.3. The summed E-state index contributed by atoms with van der Waals surface area (Å²) in [5, 5.41) is 21.7. The minimum atomic E-state index is -0.0107. The molecule has 204 valence electrons. The molecule has 0 saturated heterocycles. The molecular formula is C37H44O2. The molecule has 4 aromatic carbocycles. The molecule has 0 heterocycles. The van der Waals surface area contributed by atoms with Crippen molar-refractivity contribution in [3.05, 3.63) is 106 Å². The van der Waals surface area contributed by atoms with E-state index >= 15 is 0 Å². The Kier molecular flexibility index (Phi) is 7.98. The van der Waals surface area contributed by atoms with Gasteiger partial charge in [0, 0.05) is 6.42 Å². The smallest absolute Gasteiger partial charge is 0.119 e. The minimum absolute atomic E-state index is 0.0107. The van der Waals surface area contributed by atoms with E-state index in [2.05, 4.69) is 104 Å². The lowest BCUT2D eigenvalue weighted by atomic mass is 9.80. The van der Waals surface area contributed by atoms with E-state index < -0.39 is 0 Å². The maximum atomic E-state index is 10.9. The van der Waals surface area contributed by atoms with Crippen LogP contribution in [0.3, 0.4) is 0 Å². The van der Waals surface area contributed by atoms with E-state index in [0.717, 1.165) is 35.1 Å². The zero-order chi connectivity index (χ0) is 28.5. The number of hydrogen-bond donors (Lipinski definition) is 2. The van der Waals surface area contributed by atoms with Crippen molar-refractivity contribution in [1.29, 1.82) is 0 Å². The summed E-state index contributed by atoms with van der Waals surface area (Å²) >= 11 is 0. The summed E-state index contributed by atoms with van der Waals surface area (Å²) in [6.07, 6.45) is 2.44. The van der Waals surface area contributed by atoms with Crippen molar-refractivity contribution in [2.24, 2.45) is 0 Å². The predicted octanol–water partition coefficient (Wildman–Crippen LogP) is 9.74. The lowest BCUT2D eigenvalue weighted by molar-refractivity contribution is 0.463. The van der Waals surface area contributed by atoms with Gasteiger partial charge in [-0.05, 0) is 104 Å². The summed E-state index contributed by atoms with van der Waals surface area (Å²) < 4.78 is 0. The molecule has 0 unspecified atom stereocenters. The van der Waals surface area contributed by atoms with Crippen LogP contribution in [0.2, 0.25) is 0 Å². The number of aromatic hydroxyl groups is 2. The molecule has 2 nitrogen and oxygen atoms in total. The average Bonchev–Trinajstić information content (AvgIpc) is 2.89. The molecule has 2 heteroatoms. The third kappa shape index (κ3) is 6.22. The van der Waals surface area contributed by atoms with Gasteiger partial charge in [-0.15, -0.1) is 0 Å². The van der Waals surface area contributed by atoms with Gasteiger partial charge in [-0.2, -0.15) is 0 Å². The van der Waals surface area contributed by atoms with Crippen LogP contribution in [0.4, 0.5) is 0 Å². The standard InChI is InChI=1S/C37H44O2/c1-9-24-11-15-30(32(19-24)36(3,4)5)26-13-17-34(38)28(21-26)23-29-22-27(14-18-35(29)39)31-16-12-25(10-2)20-33(31)37(6,7)8/h11-22,38-39H,9-10,23H2,1-8H3. The van der Waals surface area contributed by atoms with Crippen molar-refractivity contribution in [3.63, 3.8) is 0 Å². The van der Waals surface area contributed by atoms with E-state index in [1.54, 1.807) is 12.1 Å². The Morgan fingerprint density at radius 1 is 0.513 bits per heavy atom. The van der Waals surface area contributed by atoms with Crippen LogP contribution < -0.4 is 0 Å². The molecule has 0 atom stereocenters. The van der Waals surface area contributed by atoms with Crippen LogP contribution >= 0.6 is 0 Å². The molecule has 0 fully saturated rings. The van der Waals surface area contributed by atoms with Crippen LogP contribution in [-0.2, 0) is 30.1 Å². The van der Waals surface area contributed by atoms with E-state index in [1.807, 2.05) is 12.1 Å². The first-order valence-electron chi connectivity index (χ1n) is 14.2. The van der Waals surface area contributed by atoms with E-state index in [1.165, 1.54) is 33.4 Å². The van der Waals surface area contributed by atoms with Gasteiger partial charge in [0.1, 0.15) is 11.5 Å². The molecule has 0 aliphatic heterocycles. The summed E-state index contributed by atoms with van der Waals surface area (Å²) in [5.74, 6) is 0.488. The maximum absolute atomic E-state index is 10.9. The first kappa shape index (κ1) is 28.5. The van der Waals surface area contributed by atoms with Gasteiger partial charge in [0.05, 0.1) is 0 Å². The second kappa shape index (κ2) is 10.9. The zero-order valence-electron chi connectivity index (χ0n) is 24.9. The Balaban J connectivity index is 1.77. The van der Waals surface area contributed by atoms with E-state index in [0.29, 0.717) is 6.42 Å². The molecule has 0 saturated carbocycles. The summed E-state index contributed by atoms with van der Waals surface area (Å²) in [6.45, 7) is 17.8. The van der Waals surface area contributed by atoms with Crippen LogP contribution in [0, 0.1) is 0 Å². The Hall–Kier alpha value is -3.52. The third-order valence-corrected chi connectivity index (χ3v) is 7.76. The topological polar surface area (TPSA) is 40.5 Å².